The number of unbranched alkanes of at least 4 members (excludes halogenated alkanes) is 11. The van der Waals surface area contributed by atoms with Crippen molar-refractivity contribution in [1.82, 2.24) is 0 Å². The topological polar surface area (TPSA) is 105 Å². The molecule has 1 aliphatic carbocycles. The highest BCUT2D eigenvalue weighted by molar-refractivity contribution is 5.69. The monoisotopic (exact) mass is 588 g/mol. The quantitative estimate of drug-likeness (QED) is 0.0906. The van der Waals surface area contributed by atoms with Gasteiger partial charge < -0.3 is 29.5 Å². The molecule has 0 saturated carbocycles. The summed E-state index contributed by atoms with van der Waals surface area (Å²) in [6, 6.07) is 9.08. The molecule has 42 heavy (non-hydrogen) atoms. The number of aliphatic hydroxyl groups excluding tert-OH is 3. The standard InChI is InChI=1S/C35H56O7/c1-40-35-34(33(39)32(38)30(26-36)41-35)42-31(37)25-16-14-12-10-8-6-4-2-3-5-7-9-11-13-15-20-27-22-19-23-28-21-17-18-24-29(27)28/h2,4,17-18,21,24,27,30,32-36,38-39H,3,5-16,19-20,22-23,25-26H2,1H3/t27?,30-,32-,33+,34-,35?/m1/s1. The molecule has 3 N–H and O–H groups in total. The lowest BCUT2D eigenvalue weighted by Gasteiger charge is -2.40. The van der Waals surface area contributed by atoms with E-state index in [0.717, 1.165) is 38.0 Å². The number of hydrogen-bond donors (Lipinski definition) is 3. The summed E-state index contributed by atoms with van der Waals surface area (Å²) < 4.78 is 15.8. The minimum Gasteiger partial charge on any atom is -0.454 e. The Balaban J connectivity index is 1.09. The molecule has 2 aliphatic rings. The van der Waals surface area contributed by atoms with E-state index in [0.29, 0.717) is 6.42 Å². The van der Waals surface area contributed by atoms with Gasteiger partial charge in [-0.1, -0.05) is 87.8 Å². The van der Waals surface area contributed by atoms with Crippen LogP contribution in [0.5, 0.6) is 0 Å². The third kappa shape index (κ3) is 11.7. The van der Waals surface area contributed by atoms with Crippen LogP contribution in [0.1, 0.15) is 126 Å². The molecule has 0 bridgehead atoms. The molecule has 1 aromatic rings. The van der Waals surface area contributed by atoms with Crippen LogP contribution >= 0.6 is 0 Å². The van der Waals surface area contributed by atoms with Gasteiger partial charge in [-0.25, -0.2) is 0 Å². The third-order valence-electron chi connectivity index (χ3n) is 8.91. The van der Waals surface area contributed by atoms with Crippen molar-refractivity contribution in [2.75, 3.05) is 13.7 Å². The molecule has 1 heterocycles. The van der Waals surface area contributed by atoms with E-state index >= 15 is 0 Å². The van der Waals surface area contributed by atoms with Crippen molar-refractivity contribution in [2.24, 2.45) is 0 Å². The second-order valence-corrected chi connectivity index (χ2v) is 12.2. The minimum absolute atomic E-state index is 0.244. The van der Waals surface area contributed by atoms with Gasteiger partial charge in [-0.05, 0) is 74.8 Å². The lowest BCUT2D eigenvalue weighted by molar-refractivity contribution is -0.298. The van der Waals surface area contributed by atoms with Crippen LogP contribution in [-0.2, 0) is 25.4 Å². The zero-order valence-corrected chi connectivity index (χ0v) is 25.8. The van der Waals surface area contributed by atoms with Crippen LogP contribution in [0.25, 0.3) is 0 Å². The van der Waals surface area contributed by atoms with Gasteiger partial charge in [0.15, 0.2) is 12.4 Å². The van der Waals surface area contributed by atoms with Crippen LogP contribution in [0, 0.1) is 0 Å². The van der Waals surface area contributed by atoms with Crippen LogP contribution in [0.3, 0.4) is 0 Å². The lowest BCUT2D eigenvalue weighted by Crippen LogP contribution is -2.60. The maximum absolute atomic E-state index is 12.2. The van der Waals surface area contributed by atoms with Crippen LogP contribution in [0.4, 0.5) is 0 Å². The molecule has 0 amide bonds. The highest BCUT2D eigenvalue weighted by Crippen LogP contribution is 2.35. The van der Waals surface area contributed by atoms with E-state index in [9.17, 15) is 20.1 Å². The fraction of sp³-hybridized carbons (Fsp3) is 0.743. The summed E-state index contributed by atoms with van der Waals surface area (Å²) in [6.07, 6.45) is 19.8. The Bertz CT molecular complexity index is 901. The largest absolute Gasteiger partial charge is 0.454 e. The Morgan fingerprint density at radius 2 is 1.55 bits per heavy atom. The van der Waals surface area contributed by atoms with Crippen molar-refractivity contribution in [3.05, 3.63) is 47.5 Å². The van der Waals surface area contributed by atoms with E-state index in [4.69, 9.17) is 14.2 Å². The molecule has 1 aromatic carbocycles. The van der Waals surface area contributed by atoms with Crippen molar-refractivity contribution < 1.29 is 34.3 Å². The molecular weight excluding hydrogens is 532 g/mol. The van der Waals surface area contributed by atoms with E-state index in [-0.39, 0.29) is 6.42 Å². The maximum Gasteiger partial charge on any atom is 0.306 e. The number of esters is 1. The second kappa shape index (κ2) is 20.2. The average molecular weight is 589 g/mol. The Morgan fingerprint density at radius 1 is 0.905 bits per heavy atom. The molecular formula is C35H56O7. The number of fused-ring (bicyclic) bond motifs is 1. The molecule has 1 aliphatic heterocycles. The van der Waals surface area contributed by atoms with Gasteiger partial charge in [0.2, 0.25) is 0 Å². The molecule has 0 radical (unpaired) electrons. The van der Waals surface area contributed by atoms with E-state index in [1.807, 2.05) is 0 Å². The van der Waals surface area contributed by atoms with Gasteiger partial charge in [-0.2, -0.15) is 0 Å². The smallest absolute Gasteiger partial charge is 0.306 e. The minimum atomic E-state index is -1.38. The summed E-state index contributed by atoms with van der Waals surface area (Å²) in [7, 11) is 1.36. The number of allylic oxidation sites excluding steroid dienone is 2. The van der Waals surface area contributed by atoms with Crippen molar-refractivity contribution in [1.29, 1.82) is 0 Å². The molecule has 7 heteroatoms. The number of ether oxygens (including phenoxy) is 3. The highest BCUT2D eigenvalue weighted by Gasteiger charge is 2.46. The van der Waals surface area contributed by atoms with Crippen LogP contribution in [-0.4, -0.2) is 65.7 Å². The van der Waals surface area contributed by atoms with E-state index in [2.05, 4.69) is 36.4 Å². The number of rotatable bonds is 20. The molecule has 1 saturated heterocycles. The first kappa shape index (κ1) is 34.7. The van der Waals surface area contributed by atoms with E-state index in [1.165, 1.54) is 77.7 Å². The predicted octanol–water partition coefficient (Wildman–Crippen LogP) is 6.51. The molecule has 238 valence electrons. The number of carbonyl (C=O) groups is 1. The average Bonchev–Trinajstić information content (AvgIpc) is 3.01. The number of benzene rings is 1. The first-order chi connectivity index (χ1) is 20.5. The Labute approximate surface area is 253 Å². The number of hydrogen-bond acceptors (Lipinski definition) is 7. The Kier molecular flexibility index (Phi) is 16.7. The fourth-order valence-corrected chi connectivity index (χ4v) is 6.39. The SMILES string of the molecule is COC1O[C@H](CO)[C@@H](O)[C@H](O)[C@H]1OC(=O)CCCCCCCC=CCCCCCCCCC1CCCc2ccccc21. The van der Waals surface area contributed by atoms with Crippen molar-refractivity contribution >= 4 is 5.97 Å². The van der Waals surface area contributed by atoms with Crippen LogP contribution in [0.2, 0.25) is 0 Å². The van der Waals surface area contributed by atoms with Crippen molar-refractivity contribution in [3.63, 3.8) is 0 Å². The van der Waals surface area contributed by atoms with Gasteiger partial charge in [0.05, 0.1) is 6.61 Å². The third-order valence-corrected chi connectivity index (χ3v) is 8.91. The van der Waals surface area contributed by atoms with Gasteiger partial charge in [0.25, 0.3) is 0 Å². The zero-order chi connectivity index (χ0) is 30.0. The van der Waals surface area contributed by atoms with Crippen molar-refractivity contribution in [2.45, 2.75) is 152 Å². The summed E-state index contributed by atoms with van der Waals surface area (Å²) in [5.74, 6) is 0.346. The molecule has 0 aromatic heterocycles. The predicted molar refractivity (Wildman–Crippen MR) is 165 cm³/mol. The molecule has 6 atom stereocenters. The molecule has 3 rings (SSSR count). The first-order valence-corrected chi connectivity index (χ1v) is 16.6. The van der Waals surface area contributed by atoms with Gasteiger partial charge in [0.1, 0.15) is 18.3 Å². The van der Waals surface area contributed by atoms with Gasteiger partial charge in [-0.3, -0.25) is 4.79 Å². The summed E-state index contributed by atoms with van der Waals surface area (Å²) in [5.41, 5.74) is 3.22. The summed E-state index contributed by atoms with van der Waals surface area (Å²) in [6.45, 7) is -0.467. The molecule has 0 spiro atoms. The maximum atomic E-state index is 12.2. The zero-order valence-electron chi connectivity index (χ0n) is 25.8. The van der Waals surface area contributed by atoms with E-state index < -0.39 is 43.3 Å². The number of methoxy groups -OCH3 is 1. The molecule has 7 nitrogen and oxygen atoms in total. The Morgan fingerprint density at radius 3 is 2.24 bits per heavy atom. The fourth-order valence-electron chi connectivity index (χ4n) is 6.39. The number of carbonyl (C=O) groups excluding carboxylic acids is 1. The molecule has 2 unspecified atom stereocenters. The van der Waals surface area contributed by atoms with Gasteiger partial charge in [0, 0.05) is 13.5 Å². The summed E-state index contributed by atoms with van der Waals surface area (Å²) in [5, 5.41) is 29.5. The Hall–Kier alpha value is -1.77. The summed E-state index contributed by atoms with van der Waals surface area (Å²) >= 11 is 0. The van der Waals surface area contributed by atoms with Crippen LogP contribution in [0.15, 0.2) is 36.4 Å². The highest BCUT2D eigenvalue weighted by atomic mass is 16.7. The van der Waals surface area contributed by atoms with E-state index in [1.54, 1.807) is 11.1 Å². The number of aliphatic hydroxyl groups is 3. The first-order valence-electron chi connectivity index (χ1n) is 16.6. The summed E-state index contributed by atoms with van der Waals surface area (Å²) in [4.78, 5) is 12.2. The van der Waals surface area contributed by atoms with Crippen molar-refractivity contribution in [3.8, 4) is 0 Å². The second-order valence-electron chi connectivity index (χ2n) is 12.2. The lowest BCUT2D eigenvalue weighted by atomic mass is 9.80. The van der Waals surface area contributed by atoms with Gasteiger partial charge >= 0.3 is 5.97 Å². The van der Waals surface area contributed by atoms with Gasteiger partial charge in [-0.15, -0.1) is 0 Å². The number of aryl methyl sites for hydroxylation is 1. The van der Waals surface area contributed by atoms with Crippen LogP contribution < -0.4 is 0 Å². The molecule has 1 fully saturated rings. The normalized spacial score (nSPS) is 25.9.